The van der Waals surface area contributed by atoms with Gasteiger partial charge in [-0.2, -0.15) is 0 Å². The third kappa shape index (κ3) is 4.92. The lowest BCUT2D eigenvalue weighted by atomic mass is 9.90. The second-order valence-corrected chi connectivity index (χ2v) is 6.90. The summed E-state index contributed by atoms with van der Waals surface area (Å²) in [5, 5.41) is 3.46. The van der Waals surface area contributed by atoms with E-state index in [4.69, 9.17) is 0 Å². The van der Waals surface area contributed by atoms with Gasteiger partial charge in [-0.25, -0.2) is 13.8 Å². The quantitative estimate of drug-likeness (QED) is 0.873. The van der Waals surface area contributed by atoms with Gasteiger partial charge < -0.3 is 10.2 Å². The molecular formula is C16H25F2N3. The standard InChI is InChI=1S/C16H25F2N3/c1-16(2,3)13-7-11(9-19-12-5-6-12)8-15(20-13)21(4)10-14(17)18/h7-8,12,14,19H,5-6,9-10H2,1-4H3. The fourth-order valence-electron chi connectivity index (χ4n) is 2.10. The summed E-state index contributed by atoms with van der Waals surface area (Å²) in [5.41, 5.74) is 1.95. The van der Waals surface area contributed by atoms with Crippen LogP contribution in [0.1, 0.15) is 44.9 Å². The molecule has 1 heterocycles. The van der Waals surface area contributed by atoms with Crippen LogP contribution in [0.25, 0.3) is 0 Å². The van der Waals surface area contributed by atoms with Crippen molar-refractivity contribution >= 4 is 5.82 Å². The Morgan fingerprint density at radius 2 is 2.00 bits per heavy atom. The molecule has 0 atom stereocenters. The van der Waals surface area contributed by atoms with Crippen molar-refractivity contribution in [1.82, 2.24) is 10.3 Å². The van der Waals surface area contributed by atoms with Gasteiger partial charge in [0.15, 0.2) is 0 Å². The average molecular weight is 297 g/mol. The van der Waals surface area contributed by atoms with Crippen molar-refractivity contribution in [3.8, 4) is 0 Å². The number of alkyl halides is 2. The molecule has 2 rings (SSSR count). The molecule has 0 radical (unpaired) electrons. The van der Waals surface area contributed by atoms with Crippen LogP contribution in [0.5, 0.6) is 0 Å². The van der Waals surface area contributed by atoms with Gasteiger partial charge in [0.25, 0.3) is 6.43 Å². The minimum Gasteiger partial charge on any atom is -0.354 e. The maximum Gasteiger partial charge on any atom is 0.255 e. The summed E-state index contributed by atoms with van der Waals surface area (Å²) in [7, 11) is 1.67. The molecule has 5 heteroatoms. The van der Waals surface area contributed by atoms with E-state index in [2.05, 4.69) is 37.1 Å². The van der Waals surface area contributed by atoms with E-state index in [1.165, 1.54) is 17.7 Å². The molecule has 1 fully saturated rings. The Hall–Kier alpha value is -1.23. The van der Waals surface area contributed by atoms with E-state index >= 15 is 0 Å². The number of aromatic nitrogens is 1. The second kappa shape index (κ2) is 6.26. The number of rotatable bonds is 6. The van der Waals surface area contributed by atoms with Crippen LogP contribution in [0.4, 0.5) is 14.6 Å². The average Bonchev–Trinajstić information content (AvgIpc) is 3.18. The molecule has 0 bridgehead atoms. The normalized spacial score (nSPS) is 15.6. The largest absolute Gasteiger partial charge is 0.354 e. The zero-order chi connectivity index (χ0) is 15.6. The molecule has 1 N–H and O–H groups in total. The van der Waals surface area contributed by atoms with Crippen LogP contribution in [0.15, 0.2) is 12.1 Å². The van der Waals surface area contributed by atoms with Gasteiger partial charge >= 0.3 is 0 Å². The Balaban J connectivity index is 2.22. The molecule has 0 aliphatic heterocycles. The monoisotopic (exact) mass is 297 g/mol. The van der Waals surface area contributed by atoms with Crippen LogP contribution in [0.3, 0.4) is 0 Å². The summed E-state index contributed by atoms with van der Waals surface area (Å²) in [6, 6.07) is 4.61. The molecule has 0 saturated heterocycles. The van der Waals surface area contributed by atoms with Gasteiger partial charge in [-0.05, 0) is 30.5 Å². The van der Waals surface area contributed by atoms with Gasteiger partial charge in [-0.1, -0.05) is 20.8 Å². The van der Waals surface area contributed by atoms with E-state index in [9.17, 15) is 8.78 Å². The molecule has 21 heavy (non-hydrogen) atoms. The van der Waals surface area contributed by atoms with Crippen LogP contribution >= 0.6 is 0 Å². The third-order valence-electron chi connectivity index (χ3n) is 3.62. The zero-order valence-corrected chi connectivity index (χ0v) is 13.3. The maximum atomic E-state index is 12.6. The fourth-order valence-corrected chi connectivity index (χ4v) is 2.10. The van der Waals surface area contributed by atoms with Crippen LogP contribution in [-0.2, 0) is 12.0 Å². The van der Waals surface area contributed by atoms with Gasteiger partial charge in [0, 0.05) is 30.7 Å². The molecule has 1 aromatic heterocycles. The Bertz CT molecular complexity index is 479. The lowest BCUT2D eigenvalue weighted by Gasteiger charge is -2.24. The number of pyridine rings is 1. The van der Waals surface area contributed by atoms with E-state index in [0.29, 0.717) is 11.9 Å². The Kier molecular flexibility index (Phi) is 4.81. The molecule has 118 valence electrons. The van der Waals surface area contributed by atoms with Crippen molar-refractivity contribution in [1.29, 1.82) is 0 Å². The highest BCUT2D eigenvalue weighted by Crippen LogP contribution is 2.26. The second-order valence-electron chi connectivity index (χ2n) is 6.90. The van der Waals surface area contributed by atoms with Crippen molar-refractivity contribution in [2.24, 2.45) is 0 Å². The predicted molar refractivity (Wildman–Crippen MR) is 82.1 cm³/mol. The Morgan fingerprint density at radius 1 is 1.33 bits per heavy atom. The van der Waals surface area contributed by atoms with Crippen LogP contribution in [0, 0.1) is 0 Å². The summed E-state index contributed by atoms with van der Waals surface area (Å²) >= 11 is 0. The van der Waals surface area contributed by atoms with Crippen LogP contribution < -0.4 is 10.2 Å². The molecule has 1 saturated carbocycles. The van der Waals surface area contributed by atoms with Crippen molar-refractivity contribution < 1.29 is 8.78 Å². The molecule has 1 aliphatic carbocycles. The smallest absolute Gasteiger partial charge is 0.255 e. The number of halogens is 2. The van der Waals surface area contributed by atoms with Crippen molar-refractivity contribution in [2.45, 2.75) is 58.0 Å². The van der Waals surface area contributed by atoms with Gasteiger partial charge in [-0.3, -0.25) is 0 Å². The van der Waals surface area contributed by atoms with E-state index in [-0.39, 0.29) is 12.0 Å². The summed E-state index contributed by atoms with van der Waals surface area (Å²) in [5.74, 6) is 0.621. The SMILES string of the molecule is CN(CC(F)F)c1cc(CNC2CC2)cc(C(C)(C)C)n1. The number of hydrogen-bond donors (Lipinski definition) is 1. The summed E-state index contributed by atoms with van der Waals surface area (Å²) < 4.78 is 25.2. The molecule has 0 aromatic carbocycles. The number of nitrogens with one attached hydrogen (secondary N) is 1. The van der Waals surface area contributed by atoms with E-state index in [1.54, 1.807) is 7.05 Å². The Morgan fingerprint density at radius 3 is 2.52 bits per heavy atom. The summed E-state index contributed by atoms with van der Waals surface area (Å²) in [6.45, 7) is 6.74. The minimum atomic E-state index is -2.36. The minimum absolute atomic E-state index is 0.101. The van der Waals surface area contributed by atoms with Gasteiger partial charge in [0.05, 0.1) is 6.54 Å². The lowest BCUT2D eigenvalue weighted by Crippen LogP contribution is -2.27. The van der Waals surface area contributed by atoms with Crippen molar-refractivity contribution in [2.75, 3.05) is 18.5 Å². The van der Waals surface area contributed by atoms with Gasteiger partial charge in [0.2, 0.25) is 0 Å². The van der Waals surface area contributed by atoms with Crippen molar-refractivity contribution in [3.63, 3.8) is 0 Å². The van der Waals surface area contributed by atoms with E-state index < -0.39 is 6.43 Å². The molecule has 3 nitrogen and oxygen atoms in total. The zero-order valence-electron chi connectivity index (χ0n) is 13.3. The third-order valence-corrected chi connectivity index (χ3v) is 3.62. The number of hydrogen-bond acceptors (Lipinski definition) is 3. The van der Waals surface area contributed by atoms with Gasteiger partial charge in [0.1, 0.15) is 5.82 Å². The highest BCUT2D eigenvalue weighted by atomic mass is 19.3. The molecule has 0 unspecified atom stereocenters. The first kappa shape index (κ1) is 16.1. The first-order valence-corrected chi connectivity index (χ1v) is 7.50. The van der Waals surface area contributed by atoms with Crippen LogP contribution in [0.2, 0.25) is 0 Å². The number of anilines is 1. The Labute approximate surface area is 125 Å². The maximum absolute atomic E-state index is 12.6. The predicted octanol–water partition coefficient (Wildman–Crippen LogP) is 3.33. The first-order valence-electron chi connectivity index (χ1n) is 7.50. The van der Waals surface area contributed by atoms with Crippen LogP contribution in [-0.4, -0.2) is 31.0 Å². The molecule has 1 aromatic rings. The topological polar surface area (TPSA) is 28.2 Å². The molecular weight excluding hydrogens is 272 g/mol. The summed E-state index contributed by atoms with van der Waals surface area (Å²) in [6.07, 6.45) is 0.105. The molecule has 1 aliphatic rings. The lowest BCUT2D eigenvalue weighted by molar-refractivity contribution is 0.156. The molecule has 0 amide bonds. The highest BCUT2D eigenvalue weighted by Gasteiger charge is 2.22. The summed E-state index contributed by atoms with van der Waals surface area (Å²) in [4.78, 5) is 6.09. The highest BCUT2D eigenvalue weighted by molar-refractivity contribution is 5.43. The molecule has 0 spiro atoms. The van der Waals surface area contributed by atoms with E-state index in [1.807, 2.05) is 6.07 Å². The van der Waals surface area contributed by atoms with Gasteiger partial charge in [-0.15, -0.1) is 0 Å². The first-order chi connectivity index (χ1) is 9.75. The number of nitrogens with zero attached hydrogens (tertiary/aromatic N) is 2. The fraction of sp³-hybridized carbons (Fsp3) is 0.688. The van der Waals surface area contributed by atoms with E-state index in [0.717, 1.165) is 17.8 Å². The van der Waals surface area contributed by atoms with Crippen molar-refractivity contribution in [3.05, 3.63) is 23.4 Å².